The Labute approximate surface area is 195 Å². The minimum absolute atomic E-state index is 0.401. The summed E-state index contributed by atoms with van der Waals surface area (Å²) in [5.41, 5.74) is 5.10. The number of para-hydroxylation sites is 2. The zero-order chi connectivity index (χ0) is 23.0. The second kappa shape index (κ2) is 8.65. The molecule has 2 heterocycles. The number of rotatable bonds is 5. The summed E-state index contributed by atoms with van der Waals surface area (Å²) >= 11 is 0. The van der Waals surface area contributed by atoms with Gasteiger partial charge in [-0.05, 0) is 43.2 Å². The van der Waals surface area contributed by atoms with Crippen LogP contribution in [-0.4, -0.2) is 48.5 Å². The van der Waals surface area contributed by atoms with Gasteiger partial charge in [-0.3, -0.25) is 0 Å². The van der Waals surface area contributed by atoms with Crippen LogP contribution in [0.5, 0.6) is 0 Å². The fourth-order valence-corrected chi connectivity index (χ4v) is 6.21. The molecule has 1 fully saturated rings. The molecule has 0 atom stereocenters. The van der Waals surface area contributed by atoms with Crippen LogP contribution < -0.4 is 4.90 Å². The molecule has 0 saturated carbocycles. The number of piperazine rings is 1. The smallest absolute Gasteiger partial charge is 0.243 e. The second-order valence-electron chi connectivity index (χ2n) is 8.63. The monoisotopic (exact) mass is 460 g/mol. The summed E-state index contributed by atoms with van der Waals surface area (Å²) in [5, 5.41) is 0. The zero-order valence-electron chi connectivity index (χ0n) is 19.0. The van der Waals surface area contributed by atoms with E-state index in [4.69, 9.17) is 4.98 Å². The number of sulfonamides is 1. The Morgan fingerprint density at radius 3 is 2.27 bits per heavy atom. The third-order valence-corrected chi connectivity index (χ3v) is 8.35. The largest absolute Gasteiger partial charge is 0.340 e. The molecule has 3 aromatic carbocycles. The van der Waals surface area contributed by atoms with Crippen molar-refractivity contribution in [1.29, 1.82) is 0 Å². The van der Waals surface area contributed by atoms with Gasteiger partial charge in [0.25, 0.3) is 0 Å². The van der Waals surface area contributed by atoms with Crippen molar-refractivity contribution in [3.8, 4) is 0 Å². The maximum absolute atomic E-state index is 13.3. The van der Waals surface area contributed by atoms with Crippen molar-refractivity contribution in [1.82, 2.24) is 13.9 Å². The Hall–Kier alpha value is -3.16. The van der Waals surface area contributed by atoms with Gasteiger partial charge in [0.2, 0.25) is 16.0 Å². The molecule has 0 N–H and O–H groups in total. The zero-order valence-corrected chi connectivity index (χ0v) is 19.8. The topological polar surface area (TPSA) is 58.4 Å². The van der Waals surface area contributed by atoms with E-state index in [0.29, 0.717) is 31.1 Å². The summed E-state index contributed by atoms with van der Waals surface area (Å²) in [6, 6.07) is 24.0. The van der Waals surface area contributed by atoms with Gasteiger partial charge >= 0.3 is 0 Å². The van der Waals surface area contributed by atoms with Crippen LogP contribution in [0.1, 0.15) is 16.7 Å². The lowest BCUT2D eigenvalue weighted by molar-refractivity contribution is 0.381. The summed E-state index contributed by atoms with van der Waals surface area (Å²) in [7, 11) is -3.52. The SMILES string of the molecule is Cc1ccc(S(=O)(=O)N2CCN(c3nc4ccccc4n3Cc3ccccc3)CC2)c(C)c1. The number of nitrogens with zero attached hydrogens (tertiary/aromatic N) is 4. The van der Waals surface area contributed by atoms with Crippen molar-refractivity contribution >= 4 is 27.0 Å². The van der Waals surface area contributed by atoms with Gasteiger partial charge in [0.15, 0.2) is 0 Å². The fourth-order valence-electron chi connectivity index (χ4n) is 4.58. The number of benzene rings is 3. The molecule has 6 nitrogen and oxygen atoms in total. The molecule has 0 radical (unpaired) electrons. The highest BCUT2D eigenvalue weighted by molar-refractivity contribution is 7.89. The molecule has 33 heavy (non-hydrogen) atoms. The first kappa shape index (κ1) is 21.7. The van der Waals surface area contributed by atoms with Gasteiger partial charge < -0.3 is 9.47 Å². The van der Waals surface area contributed by atoms with Crippen molar-refractivity contribution < 1.29 is 8.42 Å². The summed E-state index contributed by atoms with van der Waals surface area (Å²) in [6.07, 6.45) is 0. The highest BCUT2D eigenvalue weighted by Gasteiger charge is 2.31. The predicted octanol–water partition coefficient (Wildman–Crippen LogP) is 4.21. The fraction of sp³-hybridized carbons (Fsp3) is 0.269. The number of anilines is 1. The van der Waals surface area contributed by atoms with Crippen LogP contribution in [0.3, 0.4) is 0 Å². The third-order valence-electron chi connectivity index (χ3n) is 6.29. The molecule has 1 aliphatic heterocycles. The average Bonchev–Trinajstić information content (AvgIpc) is 3.18. The summed E-state index contributed by atoms with van der Waals surface area (Å²) in [6.45, 7) is 6.63. The van der Waals surface area contributed by atoms with Crippen LogP contribution in [0, 0.1) is 13.8 Å². The Balaban J connectivity index is 1.41. The van der Waals surface area contributed by atoms with E-state index in [0.717, 1.165) is 34.7 Å². The number of hydrogen-bond donors (Lipinski definition) is 0. The summed E-state index contributed by atoms with van der Waals surface area (Å²) in [4.78, 5) is 7.53. The van der Waals surface area contributed by atoms with Crippen molar-refractivity contribution in [3.05, 3.63) is 89.5 Å². The Bertz CT molecular complexity index is 1390. The number of imidazole rings is 1. The highest BCUT2D eigenvalue weighted by Crippen LogP contribution is 2.27. The molecule has 0 amide bonds. The predicted molar refractivity (Wildman–Crippen MR) is 132 cm³/mol. The molecule has 0 unspecified atom stereocenters. The van der Waals surface area contributed by atoms with E-state index >= 15 is 0 Å². The van der Waals surface area contributed by atoms with Gasteiger partial charge in [-0.1, -0.05) is 60.2 Å². The normalized spacial score (nSPS) is 15.3. The van der Waals surface area contributed by atoms with Crippen LogP contribution >= 0.6 is 0 Å². The second-order valence-corrected chi connectivity index (χ2v) is 10.5. The quantitative estimate of drug-likeness (QED) is 0.448. The molecule has 1 aliphatic rings. The maximum atomic E-state index is 13.3. The molecule has 0 bridgehead atoms. The highest BCUT2D eigenvalue weighted by atomic mass is 32.2. The Kier molecular flexibility index (Phi) is 5.68. The van der Waals surface area contributed by atoms with Crippen molar-refractivity contribution in [3.63, 3.8) is 0 Å². The van der Waals surface area contributed by atoms with Crippen LogP contribution in [0.15, 0.2) is 77.7 Å². The molecule has 170 valence electrons. The van der Waals surface area contributed by atoms with Gasteiger partial charge in [0, 0.05) is 26.2 Å². The standard InChI is InChI=1S/C26H28N4O2S/c1-20-12-13-25(21(2)18-20)33(31,32)29-16-14-28(15-17-29)26-27-23-10-6-7-11-24(23)30(26)19-22-8-4-3-5-9-22/h3-13,18H,14-17,19H2,1-2H3. The maximum Gasteiger partial charge on any atom is 0.243 e. The first-order chi connectivity index (χ1) is 15.9. The van der Waals surface area contributed by atoms with Gasteiger partial charge in [0.05, 0.1) is 22.5 Å². The van der Waals surface area contributed by atoms with Crippen LogP contribution in [0.4, 0.5) is 5.95 Å². The van der Waals surface area contributed by atoms with Crippen molar-refractivity contribution in [2.45, 2.75) is 25.3 Å². The average molecular weight is 461 g/mol. The summed E-state index contributed by atoms with van der Waals surface area (Å²) < 4.78 is 30.4. The molecular formula is C26H28N4O2S. The minimum atomic E-state index is -3.52. The van der Waals surface area contributed by atoms with E-state index in [9.17, 15) is 8.42 Å². The van der Waals surface area contributed by atoms with Crippen molar-refractivity contribution in [2.24, 2.45) is 0 Å². The van der Waals surface area contributed by atoms with Crippen LogP contribution in [-0.2, 0) is 16.6 Å². The van der Waals surface area contributed by atoms with E-state index in [1.807, 2.05) is 62.4 Å². The first-order valence-corrected chi connectivity index (χ1v) is 12.7. The molecule has 7 heteroatoms. The van der Waals surface area contributed by atoms with Gasteiger partial charge in [-0.25, -0.2) is 13.4 Å². The minimum Gasteiger partial charge on any atom is -0.340 e. The van der Waals surface area contributed by atoms with Crippen molar-refractivity contribution in [2.75, 3.05) is 31.1 Å². The number of aromatic nitrogens is 2. The van der Waals surface area contributed by atoms with Crippen LogP contribution in [0.2, 0.25) is 0 Å². The molecule has 4 aromatic rings. The molecule has 1 saturated heterocycles. The first-order valence-electron chi connectivity index (χ1n) is 11.2. The van der Waals surface area contributed by atoms with Gasteiger partial charge in [-0.2, -0.15) is 4.31 Å². The van der Waals surface area contributed by atoms with E-state index in [2.05, 4.69) is 27.7 Å². The van der Waals surface area contributed by atoms with E-state index in [-0.39, 0.29) is 0 Å². The lowest BCUT2D eigenvalue weighted by Crippen LogP contribution is -2.49. The molecule has 1 aromatic heterocycles. The van der Waals surface area contributed by atoms with Gasteiger partial charge in [0.1, 0.15) is 0 Å². The molecule has 0 spiro atoms. The lowest BCUT2D eigenvalue weighted by Gasteiger charge is -2.35. The summed E-state index contributed by atoms with van der Waals surface area (Å²) in [5.74, 6) is 0.892. The van der Waals surface area contributed by atoms with Crippen LogP contribution in [0.25, 0.3) is 11.0 Å². The number of aryl methyl sites for hydroxylation is 2. The van der Waals surface area contributed by atoms with Gasteiger partial charge in [-0.15, -0.1) is 0 Å². The molecular weight excluding hydrogens is 432 g/mol. The molecule has 5 rings (SSSR count). The van der Waals surface area contributed by atoms with E-state index in [1.165, 1.54) is 5.56 Å². The number of hydrogen-bond acceptors (Lipinski definition) is 4. The Morgan fingerprint density at radius 1 is 0.848 bits per heavy atom. The third kappa shape index (κ3) is 4.14. The number of fused-ring (bicyclic) bond motifs is 1. The Morgan fingerprint density at radius 2 is 1.55 bits per heavy atom. The molecule has 0 aliphatic carbocycles. The van der Waals surface area contributed by atoms with E-state index < -0.39 is 10.0 Å². The van der Waals surface area contributed by atoms with E-state index in [1.54, 1.807) is 10.4 Å². The lowest BCUT2D eigenvalue weighted by atomic mass is 10.2.